The first kappa shape index (κ1) is 22.4. The highest BCUT2D eigenvalue weighted by molar-refractivity contribution is 6.30. The summed E-state index contributed by atoms with van der Waals surface area (Å²) in [6.45, 7) is 1.40. The molecule has 0 bridgehead atoms. The molecule has 0 fully saturated rings. The van der Waals surface area contributed by atoms with Crippen LogP contribution in [0.1, 0.15) is 17.3 Å². The molecule has 2 aromatic carbocycles. The molecule has 0 unspecified atom stereocenters. The number of nitrogens with one attached hydrogen (secondary N) is 1. The zero-order chi connectivity index (χ0) is 23.5. The molecule has 4 aromatic rings. The highest BCUT2D eigenvalue weighted by Crippen LogP contribution is 2.25. The van der Waals surface area contributed by atoms with Crippen LogP contribution >= 0.6 is 11.6 Å². The standard InChI is InChI=1S/C24H22ClN5O3/c1-15(14-31)27-23(32)21-11-22(28-30(24(21)33)20-12-26-29(2)13-20)18-5-3-16(4-6-18)17-7-9-19(25)10-8-17/h3-13,15,31H,14H2,1-2H3,(H,27,32)/t15-/m0/s1. The van der Waals surface area contributed by atoms with E-state index < -0.39 is 17.5 Å². The van der Waals surface area contributed by atoms with Gasteiger partial charge in [0.25, 0.3) is 11.5 Å². The van der Waals surface area contributed by atoms with Crippen molar-refractivity contribution in [3.8, 4) is 28.1 Å². The predicted molar refractivity (Wildman–Crippen MR) is 126 cm³/mol. The van der Waals surface area contributed by atoms with Crippen molar-refractivity contribution < 1.29 is 9.90 Å². The Bertz CT molecular complexity index is 1340. The van der Waals surface area contributed by atoms with Crippen LogP contribution in [0.3, 0.4) is 0 Å². The molecule has 2 N–H and O–H groups in total. The third-order valence-electron chi connectivity index (χ3n) is 5.10. The van der Waals surface area contributed by atoms with Crippen LogP contribution in [0.15, 0.2) is 71.8 Å². The summed E-state index contributed by atoms with van der Waals surface area (Å²) in [4.78, 5) is 25.8. The van der Waals surface area contributed by atoms with Crippen LogP contribution < -0.4 is 10.9 Å². The number of amides is 1. The summed E-state index contributed by atoms with van der Waals surface area (Å²) in [6.07, 6.45) is 3.14. The van der Waals surface area contributed by atoms with E-state index in [-0.39, 0.29) is 12.2 Å². The van der Waals surface area contributed by atoms with Crippen LogP contribution in [-0.2, 0) is 7.05 Å². The van der Waals surface area contributed by atoms with Gasteiger partial charge in [0.05, 0.1) is 24.7 Å². The Labute approximate surface area is 195 Å². The minimum Gasteiger partial charge on any atom is -0.394 e. The molecule has 0 aliphatic heterocycles. The molecule has 1 amide bonds. The maximum absolute atomic E-state index is 13.1. The number of aliphatic hydroxyl groups is 1. The SMILES string of the molecule is C[C@@H](CO)NC(=O)c1cc(-c2ccc(-c3ccc(Cl)cc3)cc2)nn(-c2cnn(C)c2)c1=O. The van der Waals surface area contributed by atoms with Crippen LogP contribution in [0.4, 0.5) is 0 Å². The number of aromatic nitrogens is 4. The van der Waals surface area contributed by atoms with E-state index >= 15 is 0 Å². The average Bonchev–Trinajstić information content (AvgIpc) is 3.25. The molecule has 1 atom stereocenters. The Hall–Kier alpha value is -3.75. The molecule has 168 valence electrons. The molecule has 2 aromatic heterocycles. The van der Waals surface area contributed by atoms with Gasteiger partial charge < -0.3 is 10.4 Å². The number of aliphatic hydroxyl groups excluding tert-OH is 1. The van der Waals surface area contributed by atoms with Crippen LogP contribution in [-0.4, -0.2) is 43.2 Å². The Morgan fingerprint density at radius 1 is 1.09 bits per heavy atom. The third-order valence-corrected chi connectivity index (χ3v) is 5.35. The van der Waals surface area contributed by atoms with Crippen molar-refractivity contribution in [2.75, 3.05) is 6.61 Å². The van der Waals surface area contributed by atoms with Crippen molar-refractivity contribution in [2.45, 2.75) is 13.0 Å². The first-order valence-electron chi connectivity index (χ1n) is 10.3. The second-order valence-corrected chi connectivity index (χ2v) is 8.11. The van der Waals surface area contributed by atoms with E-state index in [1.54, 1.807) is 24.9 Å². The number of aryl methyl sites for hydroxylation is 1. The summed E-state index contributed by atoms with van der Waals surface area (Å²) in [5, 5.41) is 21.1. The zero-order valence-corrected chi connectivity index (χ0v) is 18.8. The molecule has 0 saturated heterocycles. The number of rotatable bonds is 6. The molecule has 0 spiro atoms. The first-order valence-corrected chi connectivity index (χ1v) is 10.6. The van der Waals surface area contributed by atoms with Gasteiger partial charge in [-0.05, 0) is 36.2 Å². The monoisotopic (exact) mass is 463 g/mol. The molecule has 0 aliphatic rings. The molecule has 4 rings (SSSR count). The molecule has 2 heterocycles. The van der Waals surface area contributed by atoms with Gasteiger partial charge in [0.15, 0.2) is 0 Å². The van der Waals surface area contributed by atoms with Crippen molar-refractivity contribution >= 4 is 17.5 Å². The highest BCUT2D eigenvalue weighted by atomic mass is 35.5. The van der Waals surface area contributed by atoms with Gasteiger partial charge in [-0.1, -0.05) is 48.0 Å². The Morgan fingerprint density at radius 2 is 1.70 bits per heavy atom. The summed E-state index contributed by atoms with van der Waals surface area (Å²) >= 11 is 5.98. The second-order valence-electron chi connectivity index (χ2n) is 7.67. The minimum absolute atomic E-state index is 0.0778. The van der Waals surface area contributed by atoms with E-state index in [2.05, 4.69) is 15.5 Å². The number of nitrogens with zero attached hydrogens (tertiary/aromatic N) is 4. The lowest BCUT2D eigenvalue weighted by atomic mass is 10.0. The Kier molecular flexibility index (Phi) is 6.39. The average molecular weight is 464 g/mol. The van der Waals surface area contributed by atoms with Crippen molar-refractivity contribution in [1.82, 2.24) is 24.9 Å². The van der Waals surface area contributed by atoms with Crippen molar-refractivity contribution in [3.05, 3.63) is 87.9 Å². The van der Waals surface area contributed by atoms with Crippen LogP contribution in [0.25, 0.3) is 28.1 Å². The smallest absolute Gasteiger partial charge is 0.284 e. The van der Waals surface area contributed by atoms with Crippen molar-refractivity contribution in [3.63, 3.8) is 0 Å². The van der Waals surface area contributed by atoms with Gasteiger partial charge in [0.2, 0.25) is 0 Å². The van der Waals surface area contributed by atoms with E-state index in [0.717, 1.165) is 21.4 Å². The maximum atomic E-state index is 13.1. The van der Waals surface area contributed by atoms with E-state index in [4.69, 9.17) is 11.6 Å². The van der Waals surface area contributed by atoms with Crippen LogP contribution in [0.5, 0.6) is 0 Å². The molecule has 0 saturated carbocycles. The quantitative estimate of drug-likeness (QED) is 0.457. The Morgan fingerprint density at radius 3 is 2.27 bits per heavy atom. The fourth-order valence-electron chi connectivity index (χ4n) is 3.31. The molecular weight excluding hydrogens is 442 g/mol. The minimum atomic E-state index is -0.583. The van der Waals surface area contributed by atoms with Gasteiger partial charge in [-0.15, -0.1) is 0 Å². The lowest BCUT2D eigenvalue weighted by molar-refractivity contribution is 0.0920. The second kappa shape index (κ2) is 9.40. The van der Waals surface area contributed by atoms with Gasteiger partial charge in [-0.3, -0.25) is 14.3 Å². The maximum Gasteiger partial charge on any atom is 0.284 e. The van der Waals surface area contributed by atoms with E-state index in [1.165, 1.54) is 12.3 Å². The van der Waals surface area contributed by atoms with Gasteiger partial charge in [0.1, 0.15) is 11.3 Å². The largest absolute Gasteiger partial charge is 0.394 e. The zero-order valence-electron chi connectivity index (χ0n) is 18.1. The number of benzene rings is 2. The lowest BCUT2D eigenvalue weighted by Crippen LogP contribution is -2.39. The first-order chi connectivity index (χ1) is 15.9. The highest BCUT2D eigenvalue weighted by Gasteiger charge is 2.19. The van der Waals surface area contributed by atoms with Gasteiger partial charge in [0, 0.05) is 23.7 Å². The topological polar surface area (TPSA) is 102 Å². The fraction of sp³-hybridized carbons (Fsp3) is 0.167. The van der Waals surface area contributed by atoms with E-state index in [9.17, 15) is 14.7 Å². The van der Waals surface area contributed by atoms with Crippen molar-refractivity contribution in [1.29, 1.82) is 0 Å². The molecular formula is C24H22ClN5O3. The fourth-order valence-corrected chi connectivity index (χ4v) is 3.44. The number of hydrogen-bond acceptors (Lipinski definition) is 5. The third kappa shape index (κ3) is 4.87. The molecule has 0 radical (unpaired) electrons. The van der Waals surface area contributed by atoms with Crippen LogP contribution in [0.2, 0.25) is 5.02 Å². The molecule has 0 aliphatic carbocycles. The molecule has 8 nitrogen and oxygen atoms in total. The number of hydrogen-bond donors (Lipinski definition) is 2. The normalized spacial score (nSPS) is 11.9. The number of carbonyl (C=O) groups excluding carboxylic acids is 1. The number of halogens is 1. The number of carbonyl (C=O) groups is 1. The summed E-state index contributed by atoms with van der Waals surface area (Å²) in [7, 11) is 1.73. The predicted octanol–water partition coefficient (Wildman–Crippen LogP) is 3.06. The van der Waals surface area contributed by atoms with E-state index in [0.29, 0.717) is 16.4 Å². The summed E-state index contributed by atoms with van der Waals surface area (Å²) in [5.74, 6) is -0.583. The Balaban J connectivity index is 1.78. The van der Waals surface area contributed by atoms with E-state index in [1.807, 2.05) is 48.5 Å². The van der Waals surface area contributed by atoms with Crippen molar-refractivity contribution in [2.24, 2.45) is 7.05 Å². The van der Waals surface area contributed by atoms with Gasteiger partial charge in [-0.25, -0.2) is 0 Å². The van der Waals surface area contributed by atoms with Gasteiger partial charge in [-0.2, -0.15) is 14.9 Å². The molecule has 9 heteroatoms. The lowest BCUT2D eigenvalue weighted by Gasteiger charge is -2.13. The van der Waals surface area contributed by atoms with Gasteiger partial charge >= 0.3 is 0 Å². The van der Waals surface area contributed by atoms with Crippen LogP contribution in [0, 0.1) is 0 Å². The summed E-state index contributed by atoms with van der Waals surface area (Å²) in [5.41, 5.74) is 2.96. The molecule has 33 heavy (non-hydrogen) atoms. The summed E-state index contributed by atoms with van der Waals surface area (Å²) in [6, 6.07) is 16.1. The summed E-state index contributed by atoms with van der Waals surface area (Å²) < 4.78 is 2.71.